The number of unbranched alkanes of at least 4 members (excludes halogenated alkanes) is 1. The summed E-state index contributed by atoms with van der Waals surface area (Å²) in [5.74, 6) is 0.176. The lowest BCUT2D eigenvalue weighted by atomic mass is 9.91. The zero-order chi connectivity index (χ0) is 18.4. The van der Waals surface area contributed by atoms with Crippen LogP contribution in [0.3, 0.4) is 0 Å². The quantitative estimate of drug-likeness (QED) is 0.446. The molecular weight excluding hydrogens is 330 g/mol. The first-order valence-electron chi connectivity index (χ1n) is 8.91. The van der Waals surface area contributed by atoms with Crippen molar-refractivity contribution in [2.75, 3.05) is 0 Å². The number of alkyl halides is 2. The van der Waals surface area contributed by atoms with Crippen LogP contribution in [0.2, 0.25) is 0 Å². The minimum atomic E-state index is -2.82. The van der Waals surface area contributed by atoms with Gasteiger partial charge < -0.3 is 4.74 Å². The lowest BCUT2D eigenvalue weighted by Gasteiger charge is -2.14. The summed E-state index contributed by atoms with van der Waals surface area (Å²) in [7, 11) is 0. The van der Waals surface area contributed by atoms with Crippen LogP contribution in [0.1, 0.15) is 25.3 Å². The molecule has 0 spiro atoms. The van der Waals surface area contributed by atoms with Gasteiger partial charge in [-0.2, -0.15) is 8.78 Å². The number of halogens is 2. The van der Waals surface area contributed by atoms with E-state index in [1.54, 1.807) is 18.2 Å². The van der Waals surface area contributed by atoms with Gasteiger partial charge >= 0.3 is 6.61 Å². The Morgan fingerprint density at radius 2 is 1.58 bits per heavy atom. The Morgan fingerprint density at radius 3 is 2.31 bits per heavy atom. The molecule has 0 saturated carbocycles. The lowest BCUT2D eigenvalue weighted by Crippen LogP contribution is -2.01. The van der Waals surface area contributed by atoms with E-state index < -0.39 is 6.61 Å². The molecule has 0 unspecified atom stereocenters. The van der Waals surface area contributed by atoms with Gasteiger partial charge in [-0.25, -0.2) is 0 Å². The molecule has 0 aliphatic carbocycles. The highest BCUT2D eigenvalue weighted by Crippen LogP contribution is 2.35. The Labute approximate surface area is 153 Å². The molecular formula is C23H22F2O. The van der Waals surface area contributed by atoms with Crippen molar-refractivity contribution in [1.82, 2.24) is 0 Å². The van der Waals surface area contributed by atoms with Crippen molar-refractivity contribution < 1.29 is 13.5 Å². The standard InChI is InChI=1S/C23H22F2O/c1-2-3-8-17-13-14-21(18-9-5-4-6-10-18)22(15-17)19-11-7-12-20(16-19)26-23(24)25/h4-7,9-16,23H,2-3,8H2,1H3. The van der Waals surface area contributed by atoms with Crippen LogP contribution < -0.4 is 4.74 Å². The number of rotatable bonds is 7. The van der Waals surface area contributed by atoms with Crippen LogP contribution in [0.5, 0.6) is 5.75 Å². The van der Waals surface area contributed by atoms with E-state index in [0.29, 0.717) is 0 Å². The molecule has 0 fully saturated rings. The molecule has 0 aliphatic heterocycles. The van der Waals surface area contributed by atoms with Crippen LogP contribution in [0.25, 0.3) is 22.3 Å². The molecule has 0 aliphatic rings. The molecule has 0 N–H and O–H groups in total. The van der Waals surface area contributed by atoms with E-state index in [2.05, 4.69) is 42.0 Å². The van der Waals surface area contributed by atoms with E-state index >= 15 is 0 Å². The minimum absolute atomic E-state index is 0.176. The largest absolute Gasteiger partial charge is 0.435 e. The molecule has 0 atom stereocenters. The van der Waals surface area contributed by atoms with Gasteiger partial charge in [-0.3, -0.25) is 0 Å². The molecule has 134 valence electrons. The summed E-state index contributed by atoms with van der Waals surface area (Å²) in [6.07, 6.45) is 3.26. The van der Waals surface area contributed by atoms with Crippen molar-refractivity contribution in [3.63, 3.8) is 0 Å². The Kier molecular flexibility index (Phi) is 6.00. The van der Waals surface area contributed by atoms with Crippen molar-refractivity contribution in [3.8, 4) is 28.0 Å². The number of hydrogen-bond donors (Lipinski definition) is 0. The lowest BCUT2D eigenvalue weighted by molar-refractivity contribution is -0.0498. The van der Waals surface area contributed by atoms with Crippen molar-refractivity contribution >= 4 is 0 Å². The number of aryl methyl sites for hydroxylation is 1. The van der Waals surface area contributed by atoms with Gasteiger partial charge in [0, 0.05) is 0 Å². The fourth-order valence-corrected chi connectivity index (χ4v) is 3.08. The molecule has 26 heavy (non-hydrogen) atoms. The first-order valence-corrected chi connectivity index (χ1v) is 8.91. The Balaban J connectivity index is 2.07. The van der Waals surface area contributed by atoms with Crippen molar-refractivity contribution in [2.24, 2.45) is 0 Å². The summed E-state index contributed by atoms with van der Waals surface area (Å²) in [6.45, 7) is -0.653. The van der Waals surface area contributed by atoms with Gasteiger partial charge in [-0.15, -0.1) is 0 Å². The van der Waals surface area contributed by atoms with Crippen molar-refractivity contribution in [3.05, 3.63) is 78.4 Å². The fourth-order valence-electron chi connectivity index (χ4n) is 3.08. The Bertz CT molecular complexity index is 844. The van der Waals surface area contributed by atoms with Crippen molar-refractivity contribution in [2.45, 2.75) is 32.8 Å². The van der Waals surface area contributed by atoms with E-state index in [1.807, 2.05) is 24.3 Å². The van der Waals surface area contributed by atoms with Gasteiger partial charge in [-0.05, 0) is 52.8 Å². The summed E-state index contributed by atoms with van der Waals surface area (Å²) >= 11 is 0. The highest BCUT2D eigenvalue weighted by molar-refractivity contribution is 5.84. The zero-order valence-corrected chi connectivity index (χ0v) is 14.8. The fraction of sp³-hybridized carbons (Fsp3) is 0.217. The maximum absolute atomic E-state index is 12.6. The van der Waals surface area contributed by atoms with Crippen LogP contribution in [0.15, 0.2) is 72.8 Å². The SMILES string of the molecule is CCCCc1ccc(-c2ccccc2)c(-c2cccc(OC(F)F)c2)c1. The second-order valence-electron chi connectivity index (χ2n) is 6.26. The van der Waals surface area contributed by atoms with Gasteiger partial charge in [0.25, 0.3) is 0 Å². The summed E-state index contributed by atoms with van der Waals surface area (Å²) in [6, 6.07) is 23.5. The van der Waals surface area contributed by atoms with E-state index in [-0.39, 0.29) is 5.75 Å². The van der Waals surface area contributed by atoms with E-state index in [0.717, 1.165) is 41.5 Å². The molecule has 0 saturated heterocycles. The highest BCUT2D eigenvalue weighted by atomic mass is 19.3. The molecule has 3 aromatic carbocycles. The second kappa shape index (κ2) is 8.61. The number of hydrogen-bond acceptors (Lipinski definition) is 1. The summed E-state index contributed by atoms with van der Waals surface area (Å²) in [4.78, 5) is 0. The molecule has 1 nitrogen and oxygen atoms in total. The van der Waals surface area contributed by atoms with Gasteiger partial charge in [0.05, 0.1) is 0 Å². The third kappa shape index (κ3) is 4.48. The van der Waals surface area contributed by atoms with Crippen LogP contribution in [0, 0.1) is 0 Å². The average molecular weight is 352 g/mol. The molecule has 3 heteroatoms. The normalized spacial score (nSPS) is 10.9. The average Bonchev–Trinajstić information content (AvgIpc) is 2.66. The maximum atomic E-state index is 12.6. The maximum Gasteiger partial charge on any atom is 0.387 e. The van der Waals surface area contributed by atoms with Gasteiger partial charge in [0.15, 0.2) is 0 Å². The predicted molar refractivity (Wildman–Crippen MR) is 103 cm³/mol. The number of benzene rings is 3. The topological polar surface area (TPSA) is 9.23 Å². The summed E-state index contributed by atoms with van der Waals surface area (Å²) in [5, 5.41) is 0. The van der Waals surface area contributed by atoms with Gasteiger partial charge in [0.2, 0.25) is 0 Å². The third-order valence-electron chi connectivity index (χ3n) is 4.36. The van der Waals surface area contributed by atoms with Crippen LogP contribution >= 0.6 is 0 Å². The Morgan fingerprint density at radius 1 is 0.808 bits per heavy atom. The first kappa shape index (κ1) is 18.1. The van der Waals surface area contributed by atoms with E-state index in [9.17, 15) is 8.78 Å². The molecule has 0 aromatic heterocycles. The molecule has 0 amide bonds. The second-order valence-corrected chi connectivity index (χ2v) is 6.26. The highest BCUT2D eigenvalue weighted by Gasteiger charge is 2.11. The van der Waals surface area contributed by atoms with Gasteiger partial charge in [-0.1, -0.05) is 74.0 Å². The first-order chi connectivity index (χ1) is 12.7. The molecule has 0 radical (unpaired) electrons. The van der Waals surface area contributed by atoms with Crippen LogP contribution in [-0.4, -0.2) is 6.61 Å². The Hall–Kier alpha value is -2.68. The van der Waals surface area contributed by atoms with Gasteiger partial charge in [0.1, 0.15) is 5.75 Å². The molecule has 3 aromatic rings. The van der Waals surface area contributed by atoms with Crippen LogP contribution in [-0.2, 0) is 6.42 Å². The smallest absolute Gasteiger partial charge is 0.387 e. The van der Waals surface area contributed by atoms with Crippen LogP contribution in [0.4, 0.5) is 8.78 Å². The van der Waals surface area contributed by atoms with E-state index in [4.69, 9.17) is 0 Å². The third-order valence-corrected chi connectivity index (χ3v) is 4.36. The molecule has 0 heterocycles. The number of ether oxygens (including phenoxy) is 1. The van der Waals surface area contributed by atoms with E-state index in [1.165, 1.54) is 5.56 Å². The minimum Gasteiger partial charge on any atom is -0.435 e. The molecule has 3 rings (SSSR count). The monoisotopic (exact) mass is 352 g/mol. The molecule has 0 bridgehead atoms. The summed E-state index contributed by atoms with van der Waals surface area (Å²) in [5.41, 5.74) is 5.34. The zero-order valence-electron chi connectivity index (χ0n) is 14.8. The van der Waals surface area contributed by atoms with Crippen molar-refractivity contribution in [1.29, 1.82) is 0 Å². The summed E-state index contributed by atoms with van der Waals surface area (Å²) < 4.78 is 29.7. The predicted octanol–water partition coefficient (Wildman–Crippen LogP) is 6.96.